The summed E-state index contributed by atoms with van der Waals surface area (Å²) in [6.07, 6.45) is 0.770. The lowest BCUT2D eigenvalue weighted by Crippen LogP contribution is -2.44. The molecule has 0 unspecified atom stereocenters. The van der Waals surface area contributed by atoms with Crippen LogP contribution in [0.5, 0.6) is 0 Å². The van der Waals surface area contributed by atoms with Gasteiger partial charge >= 0.3 is 0 Å². The van der Waals surface area contributed by atoms with Gasteiger partial charge in [-0.2, -0.15) is 4.31 Å². The van der Waals surface area contributed by atoms with E-state index in [2.05, 4.69) is 4.98 Å². The van der Waals surface area contributed by atoms with Crippen molar-refractivity contribution in [3.05, 3.63) is 89.2 Å². The van der Waals surface area contributed by atoms with E-state index in [9.17, 15) is 17.6 Å². The van der Waals surface area contributed by atoms with Crippen LogP contribution in [0, 0.1) is 11.7 Å². The molecule has 10 heteroatoms. The van der Waals surface area contributed by atoms with Gasteiger partial charge < -0.3 is 0 Å². The van der Waals surface area contributed by atoms with Gasteiger partial charge in [-0.3, -0.25) is 9.69 Å². The number of aromatic nitrogens is 1. The molecule has 0 N–H and O–H groups in total. The van der Waals surface area contributed by atoms with E-state index in [-0.39, 0.29) is 29.8 Å². The van der Waals surface area contributed by atoms with Gasteiger partial charge in [0.25, 0.3) is 0 Å². The zero-order valence-electron chi connectivity index (χ0n) is 19.2. The van der Waals surface area contributed by atoms with E-state index in [4.69, 9.17) is 11.6 Å². The predicted molar refractivity (Wildman–Crippen MR) is 140 cm³/mol. The minimum atomic E-state index is -3.75. The van der Waals surface area contributed by atoms with Gasteiger partial charge in [0.1, 0.15) is 11.3 Å². The molecule has 0 saturated carbocycles. The average molecular weight is 544 g/mol. The minimum Gasteiger partial charge on any atom is -0.283 e. The number of halogens is 2. The molecule has 1 fully saturated rings. The summed E-state index contributed by atoms with van der Waals surface area (Å²) in [5, 5.41) is 1.09. The number of benzene rings is 3. The maximum atomic E-state index is 13.8. The number of rotatable bonds is 6. The molecule has 3 aromatic carbocycles. The lowest BCUT2D eigenvalue weighted by Gasteiger charge is -2.33. The summed E-state index contributed by atoms with van der Waals surface area (Å²) in [6, 6.07) is 20.0. The number of sulfonamides is 1. The highest BCUT2D eigenvalue weighted by atomic mass is 35.5. The SMILES string of the molecule is O=C(C1CCN(S(=O)(=O)c2ccc(F)cc2)CC1)N(Cc1ccccc1)c1nc2c(Cl)cccc2s1. The molecule has 186 valence electrons. The fourth-order valence-electron chi connectivity index (χ4n) is 4.34. The van der Waals surface area contributed by atoms with E-state index in [1.165, 1.54) is 27.8 Å². The number of hydrogen-bond acceptors (Lipinski definition) is 5. The highest BCUT2D eigenvalue weighted by molar-refractivity contribution is 7.89. The summed E-state index contributed by atoms with van der Waals surface area (Å²) >= 11 is 7.75. The number of para-hydroxylation sites is 1. The molecule has 1 aliphatic rings. The number of nitrogens with zero attached hydrogens (tertiary/aromatic N) is 3. The van der Waals surface area contributed by atoms with E-state index in [0.29, 0.717) is 35.1 Å². The van der Waals surface area contributed by atoms with Crippen LogP contribution in [0.4, 0.5) is 9.52 Å². The second-order valence-corrected chi connectivity index (χ2v) is 12.0. The predicted octanol–water partition coefficient (Wildman–Crippen LogP) is 5.72. The van der Waals surface area contributed by atoms with Gasteiger partial charge in [0.05, 0.1) is 21.2 Å². The summed E-state index contributed by atoms with van der Waals surface area (Å²) in [5.74, 6) is -0.934. The van der Waals surface area contributed by atoms with E-state index < -0.39 is 15.8 Å². The van der Waals surface area contributed by atoms with Gasteiger partial charge in [0, 0.05) is 19.0 Å². The molecule has 1 amide bonds. The third kappa shape index (κ3) is 5.01. The monoisotopic (exact) mass is 543 g/mol. The molecule has 0 atom stereocenters. The summed E-state index contributed by atoms with van der Waals surface area (Å²) in [4.78, 5) is 20.2. The Balaban J connectivity index is 1.37. The van der Waals surface area contributed by atoms with Gasteiger partial charge in [-0.05, 0) is 54.8 Å². The van der Waals surface area contributed by atoms with Crippen molar-refractivity contribution >= 4 is 54.2 Å². The van der Waals surface area contributed by atoms with Crippen LogP contribution < -0.4 is 4.90 Å². The first-order valence-corrected chi connectivity index (χ1v) is 14.1. The Labute approximate surface area is 218 Å². The third-order valence-electron chi connectivity index (χ3n) is 6.29. The first-order valence-electron chi connectivity index (χ1n) is 11.5. The summed E-state index contributed by atoms with van der Waals surface area (Å²) in [7, 11) is -3.75. The zero-order valence-corrected chi connectivity index (χ0v) is 21.6. The smallest absolute Gasteiger partial charge is 0.243 e. The number of amides is 1. The minimum absolute atomic E-state index is 0.0470. The first kappa shape index (κ1) is 24.8. The van der Waals surface area contributed by atoms with Crippen LogP contribution in [0.25, 0.3) is 10.2 Å². The van der Waals surface area contributed by atoms with Crippen molar-refractivity contribution in [2.24, 2.45) is 5.92 Å². The molecule has 1 aromatic heterocycles. The molecule has 1 saturated heterocycles. The topological polar surface area (TPSA) is 70.6 Å². The van der Waals surface area contributed by atoms with Crippen molar-refractivity contribution in [2.75, 3.05) is 18.0 Å². The number of carbonyl (C=O) groups excluding carboxylic acids is 1. The molecule has 1 aliphatic heterocycles. The molecule has 2 heterocycles. The van der Waals surface area contributed by atoms with E-state index in [0.717, 1.165) is 22.4 Å². The quantitative estimate of drug-likeness (QED) is 0.312. The lowest BCUT2D eigenvalue weighted by atomic mass is 9.96. The van der Waals surface area contributed by atoms with Crippen LogP contribution in [0.15, 0.2) is 77.7 Å². The Kier molecular flexibility index (Phi) is 7.07. The highest BCUT2D eigenvalue weighted by Gasteiger charge is 2.35. The van der Waals surface area contributed by atoms with Crippen molar-refractivity contribution in [3.8, 4) is 0 Å². The van der Waals surface area contributed by atoms with Crippen molar-refractivity contribution < 1.29 is 17.6 Å². The molecule has 0 spiro atoms. The molecule has 0 bridgehead atoms. The number of anilines is 1. The number of piperidine rings is 1. The molecule has 6 nitrogen and oxygen atoms in total. The highest BCUT2D eigenvalue weighted by Crippen LogP contribution is 2.35. The fourth-order valence-corrected chi connectivity index (χ4v) is 7.08. The van der Waals surface area contributed by atoms with Crippen molar-refractivity contribution in [3.63, 3.8) is 0 Å². The van der Waals surface area contributed by atoms with Gasteiger partial charge in [0.2, 0.25) is 15.9 Å². The standard InChI is InChI=1S/C26H23ClFN3O3S2/c27-22-7-4-8-23-24(22)29-26(35-23)31(17-18-5-2-1-3-6-18)25(32)19-13-15-30(16-14-19)36(33,34)21-11-9-20(28)10-12-21/h1-12,19H,13-17H2. The third-order valence-corrected chi connectivity index (χ3v) is 9.55. The van der Waals surface area contributed by atoms with Crippen molar-refractivity contribution in [2.45, 2.75) is 24.3 Å². The second kappa shape index (κ2) is 10.3. The Hall–Kier alpha value is -2.85. The summed E-state index contributed by atoms with van der Waals surface area (Å²) in [5.41, 5.74) is 1.62. The maximum Gasteiger partial charge on any atom is 0.243 e. The van der Waals surface area contributed by atoms with Crippen LogP contribution in [0.3, 0.4) is 0 Å². The lowest BCUT2D eigenvalue weighted by molar-refractivity contribution is -0.123. The van der Waals surface area contributed by atoms with Crippen LogP contribution in [-0.2, 0) is 21.4 Å². The van der Waals surface area contributed by atoms with E-state index in [1.807, 2.05) is 42.5 Å². The molecule has 0 radical (unpaired) electrons. The number of hydrogen-bond donors (Lipinski definition) is 0. The molecule has 36 heavy (non-hydrogen) atoms. The van der Waals surface area contributed by atoms with Crippen LogP contribution in [-0.4, -0.2) is 36.7 Å². The largest absolute Gasteiger partial charge is 0.283 e. The summed E-state index contributed by atoms with van der Waals surface area (Å²) < 4.78 is 41.5. The van der Waals surface area contributed by atoms with Crippen molar-refractivity contribution in [1.29, 1.82) is 0 Å². The number of carbonyl (C=O) groups is 1. The Morgan fingerprint density at radius 3 is 2.39 bits per heavy atom. The van der Waals surface area contributed by atoms with Gasteiger partial charge in [-0.15, -0.1) is 0 Å². The maximum absolute atomic E-state index is 13.8. The summed E-state index contributed by atoms with van der Waals surface area (Å²) in [6.45, 7) is 0.771. The van der Waals surface area contributed by atoms with Crippen LogP contribution in [0.1, 0.15) is 18.4 Å². The second-order valence-electron chi connectivity index (χ2n) is 8.63. The average Bonchev–Trinajstić information content (AvgIpc) is 3.33. The zero-order chi connectivity index (χ0) is 25.3. The Morgan fingerprint density at radius 1 is 1.03 bits per heavy atom. The fraction of sp³-hybridized carbons (Fsp3) is 0.231. The molecule has 0 aliphatic carbocycles. The van der Waals surface area contributed by atoms with E-state index in [1.54, 1.807) is 11.0 Å². The van der Waals surface area contributed by atoms with Crippen LogP contribution >= 0.6 is 22.9 Å². The van der Waals surface area contributed by atoms with Gasteiger partial charge in [-0.1, -0.05) is 59.3 Å². The normalized spacial score (nSPS) is 15.3. The molecule has 5 rings (SSSR count). The molecular formula is C26H23ClFN3O3S2. The number of thiazole rings is 1. The van der Waals surface area contributed by atoms with Gasteiger partial charge in [-0.25, -0.2) is 17.8 Å². The molecular weight excluding hydrogens is 521 g/mol. The molecule has 4 aromatic rings. The van der Waals surface area contributed by atoms with Gasteiger partial charge in [0.15, 0.2) is 5.13 Å². The first-order chi connectivity index (χ1) is 17.3. The van der Waals surface area contributed by atoms with Crippen LogP contribution in [0.2, 0.25) is 5.02 Å². The Bertz CT molecular complexity index is 1490. The Morgan fingerprint density at radius 2 is 1.72 bits per heavy atom. The van der Waals surface area contributed by atoms with Crippen molar-refractivity contribution in [1.82, 2.24) is 9.29 Å². The van der Waals surface area contributed by atoms with E-state index >= 15 is 0 Å². The number of fused-ring (bicyclic) bond motifs is 1.